The van der Waals surface area contributed by atoms with E-state index in [1.807, 2.05) is 47.9 Å². The van der Waals surface area contributed by atoms with Crippen LogP contribution < -0.4 is 10.1 Å². The van der Waals surface area contributed by atoms with E-state index in [1.54, 1.807) is 13.4 Å². The summed E-state index contributed by atoms with van der Waals surface area (Å²) in [6, 6.07) is 11.6. The predicted octanol–water partition coefficient (Wildman–Crippen LogP) is 5.16. The fourth-order valence-corrected chi connectivity index (χ4v) is 7.74. The molecule has 4 aliphatic carbocycles. The van der Waals surface area contributed by atoms with Gasteiger partial charge < -0.3 is 14.5 Å². The number of ether oxygens (including phenoxy) is 1. The third-order valence-corrected chi connectivity index (χ3v) is 9.10. The molecule has 0 aliphatic heterocycles. The van der Waals surface area contributed by atoms with E-state index in [0.717, 1.165) is 59.9 Å². The zero-order valence-corrected chi connectivity index (χ0v) is 21.1. The molecular weight excluding hydrogens is 460 g/mol. The lowest BCUT2D eigenvalue weighted by molar-refractivity contribution is -0.126. The van der Waals surface area contributed by atoms with Crippen LogP contribution in [-0.2, 0) is 11.3 Å². The van der Waals surface area contributed by atoms with Crippen LogP contribution >= 0.6 is 11.8 Å². The maximum absolute atomic E-state index is 13.4. The summed E-state index contributed by atoms with van der Waals surface area (Å²) in [7, 11) is 1.65. The second-order valence-corrected chi connectivity index (χ2v) is 12.0. The number of rotatable bonds is 8. The highest BCUT2D eigenvalue weighted by molar-refractivity contribution is 8.00. The van der Waals surface area contributed by atoms with Crippen LogP contribution in [0.3, 0.4) is 0 Å². The second-order valence-electron chi connectivity index (χ2n) is 10.7. The lowest BCUT2D eigenvalue weighted by Gasteiger charge is -2.57. The van der Waals surface area contributed by atoms with Gasteiger partial charge in [0, 0.05) is 11.1 Å². The third kappa shape index (κ3) is 4.48. The molecule has 1 atom stereocenters. The fourth-order valence-electron chi connectivity index (χ4n) is 6.89. The Morgan fingerprint density at radius 2 is 1.91 bits per heavy atom. The van der Waals surface area contributed by atoms with Crippen LogP contribution in [0.15, 0.2) is 52.2 Å². The maximum Gasteiger partial charge on any atom is 0.233 e. The van der Waals surface area contributed by atoms with E-state index in [1.165, 1.54) is 31.0 Å². The van der Waals surface area contributed by atoms with Crippen LogP contribution in [0.1, 0.15) is 51.2 Å². The van der Waals surface area contributed by atoms with Crippen molar-refractivity contribution in [2.45, 2.75) is 67.9 Å². The van der Waals surface area contributed by atoms with E-state index in [2.05, 4.69) is 15.5 Å². The van der Waals surface area contributed by atoms with Crippen LogP contribution in [0.4, 0.5) is 0 Å². The fraction of sp³-hybridized carbons (Fsp3) is 0.519. The SMILES string of the molecule is COc1cccc(-c2nnc(SC(C)C(=O)NC34CC5CC(CC(C5)C3)C4)n2Cc2ccco2)c1. The van der Waals surface area contributed by atoms with E-state index in [4.69, 9.17) is 9.15 Å². The predicted molar refractivity (Wildman–Crippen MR) is 134 cm³/mol. The molecule has 0 saturated heterocycles. The van der Waals surface area contributed by atoms with Crippen molar-refractivity contribution in [3.8, 4) is 17.1 Å². The van der Waals surface area contributed by atoms with Gasteiger partial charge in [-0.2, -0.15) is 0 Å². The summed E-state index contributed by atoms with van der Waals surface area (Å²) in [5.74, 6) is 4.78. The van der Waals surface area contributed by atoms with E-state index in [9.17, 15) is 4.79 Å². The van der Waals surface area contributed by atoms with E-state index in [-0.39, 0.29) is 16.7 Å². The molecule has 2 aromatic heterocycles. The molecule has 184 valence electrons. The van der Waals surface area contributed by atoms with Crippen LogP contribution in [0.2, 0.25) is 0 Å². The molecule has 0 radical (unpaired) electrons. The summed E-state index contributed by atoms with van der Waals surface area (Å²) in [5.41, 5.74) is 0.912. The smallest absolute Gasteiger partial charge is 0.233 e. The Balaban J connectivity index is 1.23. The Morgan fingerprint density at radius 3 is 2.57 bits per heavy atom. The number of carbonyl (C=O) groups excluding carboxylic acids is 1. The van der Waals surface area contributed by atoms with Gasteiger partial charge in [0.25, 0.3) is 0 Å². The second kappa shape index (κ2) is 9.04. The quantitative estimate of drug-likeness (QED) is 0.438. The molecule has 1 N–H and O–H groups in total. The van der Waals surface area contributed by atoms with Crippen molar-refractivity contribution in [3.05, 3.63) is 48.4 Å². The molecule has 7 rings (SSSR count). The van der Waals surface area contributed by atoms with Gasteiger partial charge in [0.2, 0.25) is 5.91 Å². The van der Waals surface area contributed by atoms with E-state index in [0.29, 0.717) is 11.7 Å². The van der Waals surface area contributed by atoms with E-state index >= 15 is 0 Å². The average Bonchev–Trinajstić information content (AvgIpc) is 3.48. The van der Waals surface area contributed by atoms with Crippen molar-refractivity contribution in [2.24, 2.45) is 17.8 Å². The zero-order chi connectivity index (χ0) is 24.0. The summed E-state index contributed by atoms with van der Waals surface area (Å²) < 4.78 is 13.0. The number of nitrogens with zero attached hydrogens (tertiary/aromatic N) is 3. The first-order chi connectivity index (χ1) is 17.0. The highest BCUT2D eigenvalue weighted by Crippen LogP contribution is 2.55. The monoisotopic (exact) mass is 492 g/mol. The molecule has 0 spiro atoms. The Morgan fingerprint density at radius 1 is 1.17 bits per heavy atom. The Hall–Kier alpha value is -2.74. The largest absolute Gasteiger partial charge is 0.497 e. The summed E-state index contributed by atoms with van der Waals surface area (Å²) in [4.78, 5) is 13.4. The molecule has 1 unspecified atom stereocenters. The molecule has 1 amide bonds. The molecule has 4 fully saturated rings. The highest BCUT2D eigenvalue weighted by Gasteiger charge is 2.51. The maximum atomic E-state index is 13.4. The number of amides is 1. The van der Waals surface area contributed by atoms with Crippen LogP contribution in [-0.4, -0.2) is 38.6 Å². The lowest BCUT2D eigenvalue weighted by Crippen LogP contribution is -2.60. The van der Waals surface area contributed by atoms with Gasteiger partial charge in [-0.15, -0.1) is 10.2 Å². The number of thioether (sulfide) groups is 1. The Bertz CT molecular complexity index is 1170. The van der Waals surface area contributed by atoms with Crippen LogP contribution in [0.5, 0.6) is 5.75 Å². The number of aromatic nitrogens is 3. The topological polar surface area (TPSA) is 82.2 Å². The van der Waals surface area contributed by atoms with Gasteiger partial charge in [-0.3, -0.25) is 9.36 Å². The number of furan rings is 1. The Kier molecular flexibility index (Phi) is 5.87. The van der Waals surface area contributed by atoms with Gasteiger partial charge in [0.1, 0.15) is 11.5 Å². The Labute approximate surface area is 210 Å². The molecule has 1 aromatic carbocycles. The van der Waals surface area contributed by atoms with Crippen molar-refractivity contribution in [1.82, 2.24) is 20.1 Å². The average molecular weight is 493 g/mol. The van der Waals surface area contributed by atoms with Gasteiger partial charge in [-0.25, -0.2) is 0 Å². The van der Waals surface area contributed by atoms with Crippen molar-refractivity contribution in [2.75, 3.05) is 7.11 Å². The molecule has 4 bridgehead atoms. The first-order valence-electron chi connectivity index (χ1n) is 12.6. The van der Waals surface area contributed by atoms with E-state index < -0.39 is 0 Å². The normalized spacial score (nSPS) is 27.7. The highest BCUT2D eigenvalue weighted by atomic mass is 32.2. The first-order valence-corrected chi connectivity index (χ1v) is 13.5. The molecular formula is C27H32N4O3S. The lowest BCUT2D eigenvalue weighted by atomic mass is 9.53. The summed E-state index contributed by atoms with van der Waals surface area (Å²) >= 11 is 1.46. The van der Waals surface area contributed by atoms with Gasteiger partial charge in [-0.1, -0.05) is 23.9 Å². The van der Waals surface area contributed by atoms with Gasteiger partial charge >= 0.3 is 0 Å². The van der Waals surface area contributed by atoms with Crippen molar-refractivity contribution in [1.29, 1.82) is 0 Å². The molecule has 7 nitrogen and oxygen atoms in total. The number of hydrogen-bond donors (Lipinski definition) is 1. The van der Waals surface area contributed by atoms with Gasteiger partial charge in [0.05, 0.1) is 25.2 Å². The molecule has 4 aliphatic rings. The van der Waals surface area contributed by atoms with Gasteiger partial charge in [0.15, 0.2) is 11.0 Å². The van der Waals surface area contributed by atoms with Gasteiger partial charge in [-0.05, 0) is 87.5 Å². The molecule has 2 heterocycles. The summed E-state index contributed by atoms with van der Waals surface area (Å²) in [6.07, 6.45) is 9.21. The van der Waals surface area contributed by atoms with Crippen LogP contribution in [0, 0.1) is 17.8 Å². The first kappa shape index (κ1) is 22.7. The summed E-state index contributed by atoms with van der Waals surface area (Å²) in [5, 5.41) is 12.9. The number of hydrogen-bond acceptors (Lipinski definition) is 6. The molecule has 3 aromatic rings. The summed E-state index contributed by atoms with van der Waals surface area (Å²) in [6.45, 7) is 2.45. The number of carbonyl (C=O) groups is 1. The van der Waals surface area contributed by atoms with Crippen molar-refractivity contribution >= 4 is 17.7 Å². The standard InChI is InChI=1S/C27H32N4O3S/c1-17(25(32)28-27-13-18-9-19(14-27)11-20(10-18)15-27)35-26-30-29-24(21-5-3-6-22(12-21)33-2)31(26)16-23-7-4-8-34-23/h3-8,12,17-20H,9-11,13-16H2,1-2H3,(H,28,32). The number of methoxy groups -OCH3 is 1. The minimum atomic E-state index is -0.277. The van der Waals surface area contributed by atoms with Crippen molar-refractivity contribution in [3.63, 3.8) is 0 Å². The molecule has 8 heteroatoms. The van der Waals surface area contributed by atoms with Crippen LogP contribution in [0.25, 0.3) is 11.4 Å². The zero-order valence-electron chi connectivity index (χ0n) is 20.3. The molecule has 35 heavy (non-hydrogen) atoms. The minimum Gasteiger partial charge on any atom is -0.497 e. The van der Waals surface area contributed by atoms with Crippen molar-refractivity contribution < 1.29 is 13.9 Å². The number of nitrogens with one attached hydrogen (secondary N) is 1. The minimum absolute atomic E-state index is 0.00818. The number of benzene rings is 1. The molecule has 4 saturated carbocycles. The third-order valence-electron chi connectivity index (χ3n) is 8.02.